The average Bonchev–Trinajstić information content (AvgIpc) is 3.21. The van der Waals surface area contributed by atoms with Crippen molar-refractivity contribution in [2.75, 3.05) is 0 Å². The number of amides is 1. The van der Waals surface area contributed by atoms with E-state index < -0.39 is 12.0 Å². The van der Waals surface area contributed by atoms with Gasteiger partial charge in [0.1, 0.15) is 6.04 Å². The Balaban J connectivity index is 1.67. The molecule has 0 saturated heterocycles. The standard InChI is InChI=1S/C15H25NO3/c17-14(9-8-11-4-2-1-3-5-11)16-13(15(18)19)10-12-6-7-12/h11-13H,1-10H2,(H,16,17)(H,18,19). The predicted octanol–water partition coefficient (Wildman–Crippen LogP) is 2.72. The zero-order chi connectivity index (χ0) is 13.7. The van der Waals surface area contributed by atoms with Gasteiger partial charge in [-0.3, -0.25) is 4.79 Å². The molecule has 2 rings (SSSR count). The number of nitrogens with one attached hydrogen (secondary N) is 1. The Hall–Kier alpha value is -1.06. The highest BCUT2D eigenvalue weighted by atomic mass is 16.4. The first-order valence-corrected chi connectivity index (χ1v) is 7.67. The molecule has 2 saturated carbocycles. The van der Waals surface area contributed by atoms with Gasteiger partial charge in [0.15, 0.2) is 0 Å². The van der Waals surface area contributed by atoms with Gasteiger partial charge in [-0.05, 0) is 24.7 Å². The van der Waals surface area contributed by atoms with Crippen molar-refractivity contribution >= 4 is 11.9 Å². The van der Waals surface area contributed by atoms with Crippen LogP contribution in [0.2, 0.25) is 0 Å². The quantitative estimate of drug-likeness (QED) is 0.745. The Morgan fingerprint density at radius 1 is 1.05 bits per heavy atom. The molecule has 2 fully saturated rings. The third-order valence-corrected chi connectivity index (χ3v) is 4.40. The molecule has 0 spiro atoms. The third kappa shape index (κ3) is 5.21. The van der Waals surface area contributed by atoms with Gasteiger partial charge >= 0.3 is 5.97 Å². The molecule has 4 heteroatoms. The van der Waals surface area contributed by atoms with E-state index in [0.717, 1.165) is 19.3 Å². The van der Waals surface area contributed by atoms with Crippen LogP contribution in [0.4, 0.5) is 0 Å². The lowest BCUT2D eigenvalue weighted by Gasteiger charge is -2.21. The van der Waals surface area contributed by atoms with Gasteiger partial charge in [-0.2, -0.15) is 0 Å². The molecule has 1 amide bonds. The maximum atomic E-state index is 11.8. The lowest BCUT2D eigenvalue weighted by molar-refractivity contribution is -0.142. The van der Waals surface area contributed by atoms with Crippen molar-refractivity contribution in [2.45, 2.75) is 70.3 Å². The zero-order valence-corrected chi connectivity index (χ0v) is 11.6. The summed E-state index contributed by atoms with van der Waals surface area (Å²) in [6, 6.07) is -0.675. The number of rotatable bonds is 7. The fourth-order valence-electron chi connectivity index (χ4n) is 2.99. The minimum absolute atomic E-state index is 0.0846. The molecular weight excluding hydrogens is 242 g/mol. The van der Waals surface area contributed by atoms with Crippen molar-refractivity contribution in [2.24, 2.45) is 11.8 Å². The Labute approximate surface area is 115 Å². The summed E-state index contributed by atoms with van der Waals surface area (Å²) in [4.78, 5) is 22.9. The summed E-state index contributed by atoms with van der Waals surface area (Å²) < 4.78 is 0. The molecule has 0 aromatic heterocycles. The van der Waals surface area contributed by atoms with E-state index in [1.807, 2.05) is 0 Å². The largest absolute Gasteiger partial charge is 0.480 e. The molecule has 0 aromatic rings. The number of hydrogen-bond donors (Lipinski definition) is 2. The van der Waals surface area contributed by atoms with Crippen molar-refractivity contribution in [3.63, 3.8) is 0 Å². The summed E-state index contributed by atoms with van der Waals surface area (Å²) in [5.74, 6) is 0.211. The fourth-order valence-corrected chi connectivity index (χ4v) is 2.99. The van der Waals surface area contributed by atoms with Crippen LogP contribution in [0.25, 0.3) is 0 Å². The van der Waals surface area contributed by atoms with Gasteiger partial charge < -0.3 is 10.4 Å². The highest BCUT2D eigenvalue weighted by Crippen LogP contribution is 2.33. The number of hydrogen-bond acceptors (Lipinski definition) is 2. The number of carboxylic acids is 1. The maximum Gasteiger partial charge on any atom is 0.326 e. The van der Waals surface area contributed by atoms with Crippen molar-refractivity contribution in [1.82, 2.24) is 5.32 Å². The molecule has 2 aliphatic rings. The molecule has 108 valence electrons. The summed E-state index contributed by atoms with van der Waals surface area (Å²) in [6.45, 7) is 0. The SMILES string of the molecule is O=C(CCC1CCCCC1)NC(CC1CC1)C(=O)O. The van der Waals surface area contributed by atoms with Crippen molar-refractivity contribution in [3.8, 4) is 0 Å². The van der Waals surface area contributed by atoms with Crippen LogP contribution in [0, 0.1) is 11.8 Å². The van der Waals surface area contributed by atoms with Crippen molar-refractivity contribution in [3.05, 3.63) is 0 Å². The lowest BCUT2D eigenvalue weighted by atomic mass is 9.86. The van der Waals surface area contributed by atoms with Gasteiger partial charge in [-0.15, -0.1) is 0 Å². The van der Waals surface area contributed by atoms with Crippen molar-refractivity contribution in [1.29, 1.82) is 0 Å². The van der Waals surface area contributed by atoms with Crippen LogP contribution >= 0.6 is 0 Å². The second-order valence-electron chi connectivity index (χ2n) is 6.18. The molecule has 0 aliphatic heterocycles. The monoisotopic (exact) mass is 267 g/mol. The smallest absolute Gasteiger partial charge is 0.326 e. The molecule has 19 heavy (non-hydrogen) atoms. The Bertz CT molecular complexity index is 319. The van der Waals surface area contributed by atoms with Gasteiger partial charge in [-0.1, -0.05) is 44.9 Å². The summed E-state index contributed by atoms with van der Waals surface area (Å²) in [7, 11) is 0. The Kier molecular flexibility index (Phi) is 5.23. The Morgan fingerprint density at radius 3 is 2.32 bits per heavy atom. The zero-order valence-electron chi connectivity index (χ0n) is 11.6. The van der Waals surface area contributed by atoms with E-state index in [4.69, 9.17) is 5.11 Å². The fraction of sp³-hybridized carbons (Fsp3) is 0.867. The molecule has 0 aromatic carbocycles. The van der Waals surface area contributed by atoms with Crippen molar-refractivity contribution < 1.29 is 14.7 Å². The minimum Gasteiger partial charge on any atom is -0.480 e. The van der Waals surface area contributed by atoms with Crippen LogP contribution in [0.1, 0.15) is 64.2 Å². The third-order valence-electron chi connectivity index (χ3n) is 4.40. The molecule has 2 N–H and O–H groups in total. The van der Waals surface area contributed by atoms with E-state index in [1.54, 1.807) is 0 Å². The highest BCUT2D eigenvalue weighted by Gasteiger charge is 2.30. The van der Waals surface area contributed by atoms with Crippen LogP contribution in [0.3, 0.4) is 0 Å². The van der Waals surface area contributed by atoms with Crippen LogP contribution < -0.4 is 5.32 Å². The highest BCUT2D eigenvalue weighted by molar-refractivity contribution is 5.83. The van der Waals surface area contributed by atoms with Gasteiger partial charge in [0.25, 0.3) is 0 Å². The number of carbonyl (C=O) groups is 2. The molecular formula is C15H25NO3. The topological polar surface area (TPSA) is 66.4 Å². The van der Waals surface area contributed by atoms with Crippen LogP contribution in [0.15, 0.2) is 0 Å². The van der Waals surface area contributed by atoms with E-state index in [1.165, 1.54) is 32.1 Å². The Morgan fingerprint density at radius 2 is 1.74 bits per heavy atom. The minimum atomic E-state index is -0.891. The number of aliphatic carboxylic acids is 1. The first kappa shape index (κ1) is 14.4. The van der Waals surface area contributed by atoms with E-state index in [-0.39, 0.29) is 5.91 Å². The van der Waals surface area contributed by atoms with Crippen LogP contribution in [-0.2, 0) is 9.59 Å². The van der Waals surface area contributed by atoms with Gasteiger partial charge in [0.2, 0.25) is 5.91 Å². The second-order valence-corrected chi connectivity index (χ2v) is 6.18. The van der Waals surface area contributed by atoms with Crippen LogP contribution in [-0.4, -0.2) is 23.0 Å². The predicted molar refractivity (Wildman–Crippen MR) is 72.7 cm³/mol. The molecule has 1 atom stereocenters. The normalized spacial score (nSPS) is 21.9. The van der Waals surface area contributed by atoms with Gasteiger partial charge in [-0.25, -0.2) is 4.79 Å². The summed E-state index contributed by atoms with van der Waals surface area (Å²) in [5, 5.41) is 11.8. The molecule has 0 bridgehead atoms. The van der Waals surface area contributed by atoms with E-state index in [9.17, 15) is 9.59 Å². The number of carbonyl (C=O) groups excluding carboxylic acids is 1. The lowest BCUT2D eigenvalue weighted by Crippen LogP contribution is -2.41. The molecule has 2 aliphatic carbocycles. The van der Waals surface area contributed by atoms with Gasteiger partial charge in [0.05, 0.1) is 0 Å². The molecule has 0 radical (unpaired) electrons. The van der Waals surface area contributed by atoms with E-state index in [2.05, 4.69) is 5.32 Å². The van der Waals surface area contributed by atoms with E-state index >= 15 is 0 Å². The van der Waals surface area contributed by atoms with Crippen LogP contribution in [0.5, 0.6) is 0 Å². The molecule has 4 nitrogen and oxygen atoms in total. The number of carboxylic acid groups (broad SMARTS) is 1. The molecule has 0 heterocycles. The summed E-state index contributed by atoms with van der Waals surface area (Å²) in [5.41, 5.74) is 0. The molecule has 1 unspecified atom stereocenters. The summed E-state index contributed by atoms with van der Waals surface area (Å²) >= 11 is 0. The second kappa shape index (κ2) is 6.92. The maximum absolute atomic E-state index is 11.8. The summed E-state index contributed by atoms with van der Waals surface area (Å²) in [6.07, 6.45) is 10.6. The van der Waals surface area contributed by atoms with E-state index in [0.29, 0.717) is 24.7 Å². The first-order chi connectivity index (χ1) is 9.15. The van der Waals surface area contributed by atoms with Gasteiger partial charge in [0, 0.05) is 6.42 Å². The first-order valence-electron chi connectivity index (χ1n) is 7.67. The average molecular weight is 267 g/mol.